The summed E-state index contributed by atoms with van der Waals surface area (Å²) in [5.41, 5.74) is -0.300. The molecule has 2 aromatic rings. The van der Waals surface area contributed by atoms with E-state index in [9.17, 15) is 9.59 Å². The summed E-state index contributed by atoms with van der Waals surface area (Å²) in [5.74, 6) is 0. The Labute approximate surface area is 123 Å². The van der Waals surface area contributed by atoms with Gasteiger partial charge in [-0.25, -0.2) is 9.78 Å². The van der Waals surface area contributed by atoms with E-state index in [1.807, 2.05) is 0 Å². The van der Waals surface area contributed by atoms with Gasteiger partial charge in [-0.15, -0.1) is 0 Å². The number of aromatic amines is 2. The molecule has 0 atom stereocenters. The third-order valence-corrected chi connectivity index (χ3v) is 1.61. The zero-order valence-electron chi connectivity index (χ0n) is 6.29. The Morgan fingerprint density at radius 3 is 2.57 bits per heavy atom. The molecule has 0 saturated heterocycles. The minimum absolute atomic E-state index is 0. The van der Waals surface area contributed by atoms with E-state index in [2.05, 4.69) is 15.0 Å². The van der Waals surface area contributed by atoms with Crippen LogP contribution in [-0.4, -0.2) is 78.6 Å². The van der Waals surface area contributed by atoms with Crippen molar-refractivity contribution < 1.29 is 0 Å². The summed E-state index contributed by atoms with van der Waals surface area (Å²) in [4.78, 5) is 30.2. The van der Waals surface area contributed by atoms with Gasteiger partial charge >= 0.3 is 64.8 Å². The number of nitrogens with zero attached hydrogens (tertiary/aromatic N) is 2. The van der Waals surface area contributed by atoms with Crippen LogP contribution in [-0.2, 0) is 7.05 Å². The molecule has 8 heteroatoms. The quantitative estimate of drug-likeness (QED) is 0.482. The second-order valence-electron chi connectivity index (χ2n) is 2.46. The van der Waals surface area contributed by atoms with Crippen LogP contribution in [0.4, 0.5) is 0 Å². The van der Waals surface area contributed by atoms with Crippen molar-refractivity contribution in [3.63, 3.8) is 0 Å². The van der Waals surface area contributed by atoms with Gasteiger partial charge in [0.15, 0.2) is 5.52 Å². The average Bonchev–Trinajstić information content (AvgIpc) is 2.33. The van der Waals surface area contributed by atoms with Crippen LogP contribution in [0.15, 0.2) is 15.9 Å². The number of nitrogens with one attached hydrogen (secondary N) is 2. The fourth-order valence-corrected chi connectivity index (χ4v) is 1.04. The van der Waals surface area contributed by atoms with Crippen molar-refractivity contribution >= 4 is 70.3 Å². The van der Waals surface area contributed by atoms with Crippen molar-refractivity contribution in [3.05, 3.63) is 27.2 Å². The Balaban J connectivity index is 0.000000845. The van der Waals surface area contributed by atoms with E-state index >= 15 is 0 Å². The van der Waals surface area contributed by atoms with Gasteiger partial charge in [0, 0.05) is 7.05 Å². The third kappa shape index (κ3) is 2.39. The maximum absolute atomic E-state index is 11.1. The van der Waals surface area contributed by atoms with Gasteiger partial charge in [-0.2, -0.15) is 0 Å². The molecule has 0 aliphatic rings. The van der Waals surface area contributed by atoms with Crippen LogP contribution in [0, 0.1) is 0 Å². The van der Waals surface area contributed by atoms with Gasteiger partial charge in [0.05, 0.1) is 6.33 Å². The second kappa shape index (κ2) is 5.29. The van der Waals surface area contributed by atoms with Crippen LogP contribution in [0.25, 0.3) is 11.2 Å². The molecule has 0 spiro atoms. The van der Waals surface area contributed by atoms with Crippen molar-refractivity contribution in [1.82, 2.24) is 19.5 Å². The van der Waals surface area contributed by atoms with Gasteiger partial charge in [0.1, 0.15) is 5.65 Å². The summed E-state index contributed by atoms with van der Waals surface area (Å²) in [6, 6.07) is 0. The molecule has 0 radical (unpaired) electrons. The molecule has 0 aliphatic carbocycles. The zero-order chi connectivity index (χ0) is 8.72. The van der Waals surface area contributed by atoms with Crippen LogP contribution < -0.4 is 11.2 Å². The Bertz CT molecular complexity index is 540. The number of hydrogen-bond donors (Lipinski definition) is 2. The first-order valence-electron chi connectivity index (χ1n) is 3.32. The molecule has 66 valence electrons. The minimum atomic E-state index is -0.517. The summed E-state index contributed by atoms with van der Waals surface area (Å²) < 4.78 is 1.58. The topological polar surface area (TPSA) is 83.5 Å². The molecule has 0 saturated carbocycles. The summed E-state index contributed by atoms with van der Waals surface area (Å²) in [7, 11) is 1.70. The number of H-pyrrole nitrogens is 2. The van der Waals surface area contributed by atoms with Gasteiger partial charge in [-0.1, -0.05) is 0 Å². The molecule has 2 N–H and O–H groups in total. The Morgan fingerprint density at radius 2 is 1.93 bits per heavy atom. The average molecular weight is 214 g/mol. The van der Waals surface area contributed by atoms with Crippen LogP contribution >= 0.6 is 0 Å². The van der Waals surface area contributed by atoms with Gasteiger partial charge in [0.25, 0.3) is 5.56 Å². The number of imidazole rings is 1. The van der Waals surface area contributed by atoms with Crippen LogP contribution in [0.5, 0.6) is 0 Å². The van der Waals surface area contributed by atoms with Crippen LogP contribution in [0.3, 0.4) is 0 Å². The maximum atomic E-state index is 11.1. The number of fused-ring (bicyclic) bond motifs is 1. The summed E-state index contributed by atoms with van der Waals surface area (Å²) in [6.45, 7) is 0. The van der Waals surface area contributed by atoms with E-state index in [0.717, 1.165) is 0 Å². The Hall–Kier alpha value is 0.150. The first-order valence-corrected chi connectivity index (χ1v) is 3.32. The van der Waals surface area contributed by atoms with E-state index in [1.165, 1.54) is 6.33 Å². The van der Waals surface area contributed by atoms with E-state index in [1.54, 1.807) is 11.6 Å². The standard InChI is InChI=1S/C6H6N4O2.2Na.2H/c1-10-2-7-3-4(10)8-6(12)9-5(3)11;;;;/h2H,1H3,(H2,8,9,11,12);;;;. The predicted octanol–water partition coefficient (Wildman–Crippen LogP) is -2.35. The third-order valence-electron chi connectivity index (χ3n) is 1.61. The van der Waals surface area contributed by atoms with Crippen molar-refractivity contribution in [2.75, 3.05) is 0 Å². The van der Waals surface area contributed by atoms with Gasteiger partial charge in [-0.3, -0.25) is 14.8 Å². The van der Waals surface area contributed by atoms with Crippen molar-refractivity contribution in [1.29, 1.82) is 0 Å². The van der Waals surface area contributed by atoms with E-state index in [-0.39, 0.29) is 64.6 Å². The SMILES string of the molecule is Cn1cnc2c(=O)[nH]c(=O)[nH]c21.[NaH].[NaH]. The molecule has 6 nitrogen and oxygen atoms in total. The van der Waals surface area contributed by atoms with Gasteiger partial charge in [0.2, 0.25) is 0 Å². The van der Waals surface area contributed by atoms with Crippen molar-refractivity contribution in [2.24, 2.45) is 7.05 Å². The first kappa shape index (κ1) is 14.2. The van der Waals surface area contributed by atoms with E-state index in [0.29, 0.717) is 5.65 Å². The summed E-state index contributed by atoms with van der Waals surface area (Å²) in [5, 5.41) is 0. The number of aryl methyl sites for hydroxylation is 1. The first-order chi connectivity index (χ1) is 5.68. The molecule has 2 heterocycles. The number of rotatable bonds is 0. The normalized spacial score (nSPS) is 9.21. The molecule has 0 fully saturated rings. The molecule has 14 heavy (non-hydrogen) atoms. The van der Waals surface area contributed by atoms with Crippen LogP contribution in [0.2, 0.25) is 0 Å². The van der Waals surface area contributed by atoms with Crippen molar-refractivity contribution in [2.45, 2.75) is 0 Å². The van der Waals surface area contributed by atoms with Gasteiger partial charge < -0.3 is 4.57 Å². The number of aromatic nitrogens is 4. The zero-order valence-corrected chi connectivity index (χ0v) is 6.29. The molecule has 2 aromatic heterocycles. The molecule has 0 amide bonds. The summed E-state index contributed by atoms with van der Waals surface area (Å²) >= 11 is 0. The van der Waals surface area contributed by atoms with Crippen molar-refractivity contribution in [3.8, 4) is 0 Å². The fourth-order valence-electron chi connectivity index (χ4n) is 1.04. The van der Waals surface area contributed by atoms with Crippen LogP contribution in [0.1, 0.15) is 0 Å². The second-order valence-corrected chi connectivity index (χ2v) is 2.46. The Morgan fingerprint density at radius 1 is 1.29 bits per heavy atom. The fraction of sp³-hybridized carbons (Fsp3) is 0.167. The number of hydrogen-bond acceptors (Lipinski definition) is 3. The molecule has 0 unspecified atom stereocenters. The van der Waals surface area contributed by atoms with E-state index < -0.39 is 11.2 Å². The molecule has 0 bridgehead atoms. The predicted molar refractivity (Wildman–Crippen MR) is 56.3 cm³/mol. The molecule has 2 rings (SSSR count). The molecule has 0 aromatic carbocycles. The molecular weight excluding hydrogens is 206 g/mol. The van der Waals surface area contributed by atoms with Gasteiger partial charge in [-0.05, 0) is 0 Å². The summed E-state index contributed by atoms with van der Waals surface area (Å²) in [6.07, 6.45) is 1.47. The monoisotopic (exact) mass is 214 g/mol. The molecular formula is C6H8N4Na2O2. The Kier molecular flexibility index (Phi) is 5.35. The molecule has 0 aliphatic heterocycles. The van der Waals surface area contributed by atoms with E-state index in [4.69, 9.17) is 0 Å².